The molecule has 2 saturated heterocycles. The number of hydrogen-bond donors (Lipinski definition) is 1. The molecule has 6 nitrogen and oxygen atoms in total. The molecule has 154 valence electrons. The molecule has 2 amide bonds. The van der Waals surface area contributed by atoms with Gasteiger partial charge in [-0.2, -0.15) is 0 Å². The minimum Gasteiger partial charge on any atom is -0.488 e. The van der Waals surface area contributed by atoms with Gasteiger partial charge in [0.05, 0.1) is 24.8 Å². The van der Waals surface area contributed by atoms with Crippen molar-refractivity contribution in [1.82, 2.24) is 10.2 Å². The third-order valence-corrected chi connectivity index (χ3v) is 5.82. The van der Waals surface area contributed by atoms with E-state index in [1.165, 1.54) is 0 Å². The maximum Gasteiger partial charge on any atom is 0.317 e. The standard InChI is InChI=1S/C20H26F2N2O4/c21-14-10-15(22)12-16(11-14)28-18-3-1-2-17(18)23-19(25)24-6-9-27-20(13-24)4-7-26-8-5-20/h10-12,17-18H,1-9,13H2,(H,23,25)/t17-,18+/m0/s1. The number of rotatable bonds is 3. The normalized spacial score (nSPS) is 27.0. The Morgan fingerprint density at radius 1 is 1.14 bits per heavy atom. The third-order valence-electron chi connectivity index (χ3n) is 5.82. The summed E-state index contributed by atoms with van der Waals surface area (Å²) in [6, 6.07) is 2.81. The van der Waals surface area contributed by atoms with Crippen molar-refractivity contribution in [2.45, 2.75) is 49.9 Å². The van der Waals surface area contributed by atoms with Crippen LogP contribution in [0, 0.1) is 11.6 Å². The highest BCUT2D eigenvalue weighted by atomic mass is 19.1. The maximum atomic E-state index is 13.4. The number of nitrogens with one attached hydrogen (secondary N) is 1. The molecule has 1 N–H and O–H groups in total. The van der Waals surface area contributed by atoms with E-state index in [2.05, 4.69) is 5.32 Å². The number of ether oxygens (including phenoxy) is 3. The number of urea groups is 1. The second kappa shape index (κ2) is 8.21. The summed E-state index contributed by atoms with van der Waals surface area (Å²) < 4.78 is 44.0. The predicted molar refractivity (Wildman–Crippen MR) is 97.3 cm³/mol. The molecule has 8 heteroatoms. The molecule has 0 aromatic heterocycles. The second-order valence-electron chi connectivity index (χ2n) is 7.81. The molecule has 1 spiro atoms. The number of morpholine rings is 1. The van der Waals surface area contributed by atoms with Crippen LogP contribution in [0.25, 0.3) is 0 Å². The van der Waals surface area contributed by atoms with Gasteiger partial charge in [-0.15, -0.1) is 0 Å². The lowest BCUT2D eigenvalue weighted by atomic mass is 9.92. The van der Waals surface area contributed by atoms with Gasteiger partial charge in [-0.05, 0) is 19.3 Å². The molecule has 2 heterocycles. The largest absolute Gasteiger partial charge is 0.488 e. The Labute approximate surface area is 163 Å². The van der Waals surface area contributed by atoms with Gasteiger partial charge in [0, 0.05) is 50.8 Å². The Morgan fingerprint density at radius 3 is 2.64 bits per heavy atom. The van der Waals surface area contributed by atoms with Crippen LogP contribution in [0.3, 0.4) is 0 Å². The van der Waals surface area contributed by atoms with Crippen LogP contribution in [0.15, 0.2) is 18.2 Å². The summed E-state index contributed by atoms with van der Waals surface area (Å²) >= 11 is 0. The number of amides is 2. The van der Waals surface area contributed by atoms with Gasteiger partial charge in [0.2, 0.25) is 0 Å². The van der Waals surface area contributed by atoms with Crippen LogP contribution in [0.4, 0.5) is 13.6 Å². The summed E-state index contributed by atoms with van der Waals surface area (Å²) in [4.78, 5) is 14.6. The van der Waals surface area contributed by atoms with Gasteiger partial charge in [0.15, 0.2) is 0 Å². The SMILES string of the molecule is O=C(N[C@H]1CCC[C@H]1Oc1cc(F)cc(F)c1)N1CCOC2(CCOCC2)C1. The summed E-state index contributed by atoms with van der Waals surface area (Å²) in [5.41, 5.74) is -0.307. The molecule has 3 aliphatic rings. The van der Waals surface area contributed by atoms with E-state index in [-0.39, 0.29) is 29.5 Å². The molecular formula is C20H26F2N2O4. The minimum absolute atomic E-state index is 0.139. The van der Waals surface area contributed by atoms with Gasteiger partial charge in [0.25, 0.3) is 0 Å². The van der Waals surface area contributed by atoms with Crippen LogP contribution in [-0.2, 0) is 9.47 Å². The molecule has 4 rings (SSSR count). The van der Waals surface area contributed by atoms with Crippen molar-refractivity contribution in [3.05, 3.63) is 29.8 Å². The van der Waals surface area contributed by atoms with E-state index in [0.29, 0.717) is 32.9 Å². The first-order valence-corrected chi connectivity index (χ1v) is 9.93. The Bertz CT molecular complexity index is 686. The van der Waals surface area contributed by atoms with Crippen molar-refractivity contribution >= 4 is 6.03 Å². The lowest BCUT2D eigenvalue weighted by molar-refractivity contribution is -0.145. The van der Waals surface area contributed by atoms with E-state index in [4.69, 9.17) is 14.2 Å². The molecule has 0 radical (unpaired) electrons. The van der Waals surface area contributed by atoms with E-state index in [1.807, 2.05) is 0 Å². The molecule has 3 fully saturated rings. The van der Waals surface area contributed by atoms with Gasteiger partial charge in [-0.25, -0.2) is 13.6 Å². The fourth-order valence-corrected chi connectivity index (χ4v) is 4.32. The second-order valence-corrected chi connectivity index (χ2v) is 7.81. The molecule has 0 bridgehead atoms. The zero-order chi connectivity index (χ0) is 19.6. The summed E-state index contributed by atoms with van der Waals surface area (Å²) in [5, 5.41) is 3.06. The van der Waals surface area contributed by atoms with Crippen LogP contribution in [0.2, 0.25) is 0 Å². The monoisotopic (exact) mass is 396 g/mol. The van der Waals surface area contributed by atoms with Crippen molar-refractivity contribution in [2.24, 2.45) is 0 Å². The molecule has 28 heavy (non-hydrogen) atoms. The van der Waals surface area contributed by atoms with Crippen LogP contribution in [0.1, 0.15) is 32.1 Å². The van der Waals surface area contributed by atoms with Gasteiger partial charge in [-0.3, -0.25) is 0 Å². The highest BCUT2D eigenvalue weighted by molar-refractivity contribution is 5.75. The van der Waals surface area contributed by atoms with Crippen molar-refractivity contribution < 1.29 is 27.8 Å². The average molecular weight is 396 g/mol. The topological polar surface area (TPSA) is 60.0 Å². The number of carbonyl (C=O) groups is 1. The lowest BCUT2D eigenvalue weighted by Crippen LogP contribution is -2.59. The van der Waals surface area contributed by atoms with Crippen LogP contribution < -0.4 is 10.1 Å². The Morgan fingerprint density at radius 2 is 1.89 bits per heavy atom. The van der Waals surface area contributed by atoms with Crippen molar-refractivity contribution in [1.29, 1.82) is 0 Å². The summed E-state index contributed by atoms with van der Waals surface area (Å²) in [5.74, 6) is -1.21. The van der Waals surface area contributed by atoms with Crippen molar-refractivity contribution in [2.75, 3.05) is 32.9 Å². The third kappa shape index (κ3) is 4.38. The molecule has 1 saturated carbocycles. The van der Waals surface area contributed by atoms with Crippen LogP contribution >= 0.6 is 0 Å². The number of hydrogen-bond acceptors (Lipinski definition) is 4. The molecule has 2 aliphatic heterocycles. The van der Waals surface area contributed by atoms with E-state index >= 15 is 0 Å². The fourth-order valence-electron chi connectivity index (χ4n) is 4.32. The molecule has 1 aliphatic carbocycles. The van der Waals surface area contributed by atoms with E-state index in [0.717, 1.165) is 50.3 Å². The van der Waals surface area contributed by atoms with Crippen molar-refractivity contribution in [3.63, 3.8) is 0 Å². The minimum atomic E-state index is -0.677. The number of carbonyl (C=O) groups excluding carboxylic acids is 1. The molecular weight excluding hydrogens is 370 g/mol. The summed E-state index contributed by atoms with van der Waals surface area (Å²) in [7, 11) is 0. The van der Waals surface area contributed by atoms with Crippen molar-refractivity contribution in [3.8, 4) is 5.75 Å². The van der Waals surface area contributed by atoms with E-state index in [1.54, 1.807) is 4.90 Å². The molecule has 2 atom stereocenters. The zero-order valence-electron chi connectivity index (χ0n) is 15.8. The Balaban J connectivity index is 1.36. The van der Waals surface area contributed by atoms with Crippen LogP contribution in [-0.4, -0.2) is 61.6 Å². The zero-order valence-corrected chi connectivity index (χ0v) is 15.8. The smallest absolute Gasteiger partial charge is 0.317 e. The highest BCUT2D eigenvalue weighted by Crippen LogP contribution is 2.30. The lowest BCUT2D eigenvalue weighted by Gasteiger charge is -2.45. The number of benzene rings is 1. The van der Waals surface area contributed by atoms with Gasteiger partial charge >= 0.3 is 6.03 Å². The fraction of sp³-hybridized carbons (Fsp3) is 0.650. The number of nitrogens with zero attached hydrogens (tertiary/aromatic N) is 1. The van der Waals surface area contributed by atoms with Crippen LogP contribution in [0.5, 0.6) is 5.75 Å². The Kier molecular flexibility index (Phi) is 5.68. The first-order valence-electron chi connectivity index (χ1n) is 9.93. The average Bonchev–Trinajstić information content (AvgIpc) is 3.08. The van der Waals surface area contributed by atoms with Gasteiger partial charge in [-0.1, -0.05) is 0 Å². The van der Waals surface area contributed by atoms with E-state index in [9.17, 15) is 13.6 Å². The first-order chi connectivity index (χ1) is 13.5. The molecule has 0 unspecified atom stereocenters. The maximum absolute atomic E-state index is 13.4. The predicted octanol–water partition coefficient (Wildman–Crippen LogP) is 2.86. The summed E-state index contributed by atoms with van der Waals surface area (Å²) in [6.07, 6.45) is 3.67. The molecule has 1 aromatic rings. The molecule has 1 aromatic carbocycles. The van der Waals surface area contributed by atoms with Gasteiger partial charge < -0.3 is 24.4 Å². The Hall–Kier alpha value is -1.93. The van der Waals surface area contributed by atoms with E-state index < -0.39 is 11.6 Å². The number of halogens is 2. The first kappa shape index (κ1) is 19.4. The summed E-state index contributed by atoms with van der Waals surface area (Å²) in [6.45, 7) is 2.91. The van der Waals surface area contributed by atoms with Gasteiger partial charge in [0.1, 0.15) is 23.5 Å². The highest BCUT2D eigenvalue weighted by Gasteiger charge is 2.40. The quantitative estimate of drug-likeness (QED) is 0.854.